The Balaban J connectivity index is 1.72. The fourth-order valence-corrected chi connectivity index (χ4v) is 2.75. The quantitative estimate of drug-likeness (QED) is 0.895. The molecule has 0 spiro atoms. The van der Waals surface area contributed by atoms with Crippen molar-refractivity contribution >= 4 is 0 Å². The van der Waals surface area contributed by atoms with Crippen molar-refractivity contribution in [2.45, 2.75) is 51.7 Å². The van der Waals surface area contributed by atoms with Crippen LogP contribution in [-0.4, -0.2) is 43.2 Å². The Kier molecular flexibility index (Phi) is 5.44. The number of piperidine rings is 1. The first kappa shape index (κ1) is 15.3. The summed E-state index contributed by atoms with van der Waals surface area (Å²) in [5.41, 5.74) is 1.27. The van der Waals surface area contributed by atoms with E-state index >= 15 is 0 Å². The Hall–Kier alpha value is -1.06. The highest BCUT2D eigenvalue weighted by Crippen LogP contribution is 2.16. The van der Waals surface area contributed by atoms with Crippen molar-refractivity contribution in [1.82, 2.24) is 10.2 Å². The van der Waals surface area contributed by atoms with E-state index < -0.39 is 0 Å². The number of aryl methyl sites for hydroxylation is 1. The summed E-state index contributed by atoms with van der Waals surface area (Å²) in [6, 6.07) is 9.94. The van der Waals surface area contributed by atoms with Gasteiger partial charge in [-0.2, -0.15) is 0 Å². The number of rotatable bonds is 5. The Morgan fingerprint density at radius 3 is 2.70 bits per heavy atom. The molecule has 2 rings (SSSR count). The number of nitrogens with one attached hydrogen (secondary N) is 1. The minimum absolute atomic E-state index is 0.386. The smallest absolute Gasteiger partial charge is 0.119 e. The van der Waals surface area contributed by atoms with Gasteiger partial charge in [-0.3, -0.25) is 0 Å². The van der Waals surface area contributed by atoms with Crippen LogP contribution >= 0.6 is 0 Å². The summed E-state index contributed by atoms with van der Waals surface area (Å²) in [6.07, 6.45) is 2.46. The lowest BCUT2D eigenvalue weighted by atomic mass is 9.98. The molecule has 0 aliphatic carbocycles. The van der Waals surface area contributed by atoms with E-state index in [1.54, 1.807) is 0 Å². The predicted octanol–water partition coefficient (Wildman–Crippen LogP) is 2.83. The van der Waals surface area contributed by atoms with Crippen LogP contribution in [0, 0.1) is 6.92 Å². The Morgan fingerprint density at radius 1 is 1.35 bits per heavy atom. The second kappa shape index (κ2) is 7.09. The van der Waals surface area contributed by atoms with Gasteiger partial charge in [0.05, 0.1) is 0 Å². The molecule has 1 saturated heterocycles. The lowest BCUT2D eigenvalue weighted by Crippen LogP contribution is -2.49. The molecule has 3 atom stereocenters. The molecule has 20 heavy (non-hydrogen) atoms. The number of likely N-dealkylation sites (tertiary alicyclic amines) is 1. The zero-order chi connectivity index (χ0) is 14.5. The van der Waals surface area contributed by atoms with Gasteiger partial charge in [0.25, 0.3) is 0 Å². The molecule has 3 nitrogen and oxygen atoms in total. The van der Waals surface area contributed by atoms with E-state index in [4.69, 9.17) is 4.74 Å². The molecule has 1 heterocycles. The van der Waals surface area contributed by atoms with E-state index in [0.29, 0.717) is 18.1 Å². The number of hydrogen-bond acceptors (Lipinski definition) is 3. The van der Waals surface area contributed by atoms with Crippen molar-refractivity contribution in [3.05, 3.63) is 29.8 Å². The van der Waals surface area contributed by atoms with Gasteiger partial charge >= 0.3 is 0 Å². The first-order valence-electron chi connectivity index (χ1n) is 7.70. The van der Waals surface area contributed by atoms with Gasteiger partial charge < -0.3 is 15.0 Å². The lowest BCUT2D eigenvalue weighted by Gasteiger charge is -2.36. The van der Waals surface area contributed by atoms with Gasteiger partial charge in [-0.25, -0.2) is 0 Å². The summed E-state index contributed by atoms with van der Waals surface area (Å²) in [4.78, 5) is 2.44. The van der Waals surface area contributed by atoms with Gasteiger partial charge in [0.15, 0.2) is 0 Å². The average Bonchev–Trinajstić information content (AvgIpc) is 2.42. The largest absolute Gasteiger partial charge is 0.492 e. The molecular weight excluding hydrogens is 248 g/mol. The molecule has 0 amide bonds. The first-order chi connectivity index (χ1) is 9.54. The van der Waals surface area contributed by atoms with E-state index in [1.807, 2.05) is 12.1 Å². The molecule has 3 unspecified atom stereocenters. The maximum atomic E-state index is 5.84. The van der Waals surface area contributed by atoms with Crippen LogP contribution in [0.3, 0.4) is 0 Å². The fourth-order valence-electron chi connectivity index (χ4n) is 2.75. The van der Waals surface area contributed by atoms with Gasteiger partial charge in [-0.15, -0.1) is 0 Å². The predicted molar refractivity (Wildman–Crippen MR) is 84.4 cm³/mol. The fraction of sp³-hybridized carbons (Fsp3) is 0.647. The molecule has 1 N–H and O–H groups in total. The van der Waals surface area contributed by atoms with Crippen LogP contribution in [-0.2, 0) is 0 Å². The summed E-state index contributed by atoms with van der Waals surface area (Å²) in [5, 5.41) is 3.70. The van der Waals surface area contributed by atoms with Crippen LogP contribution < -0.4 is 10.1 Å². The van der Waals surface area contributed by atoms with Crippen molar-refractivity contribution < 1.29 is 4.74 Å². The highest BCUT2D eigenvalue weighted by atomic mass is 16.5. The Labute approximate surface area is 123 Å². The minimum atomic E-state index is 0.386. The van der Waals surface area contributed by atoms with Crippen molar-refractivity contribution in [3.63, 3.8) is 0 Å². The van der Waals surface area contributed by atoms with Crippen molar-refractivity contribution in [2.24, 2.45) is 0 Å². The lowest BCUT2D eigenvalue weighted by molar-refractivity contribution is 0.155. The third-order valence-corrected chi connectivity index (χ3v) is 4.25. The van der Waals surface area contributed by atoms with Crippen LogP contribution in [0.1, 0.15) is 32.3 Å². The molecule has 1 aliphatic heterocycles. The summed E-state index contributed by atoms with van der Waals surface area (Å²) in [7, 11) is 2.21. The number of hydrogen-bond donors (Lipinski definition) is 1. The van der Waals surface area contributed by atoms with Gasteiger partial charge in [-0.05, 0) is 59.3 Å². The molecule has 0 bridgehead atoms. The van der Waals surface area contributed by atoms with Crippen LogP contribution in [0.15, 0.2) is 24.3 Å². The normalized spacial score (nSPS) is 25.4. The van der Waals surface area contributed by atoms with E-state index in [0.717, 1.165) is 12.4 Å². The van der Waals surface area contributed by atoms with Crippen molar-refractivity contribution in [3.8, 4) is 5.75 Å². The molecule has 1 aromatic rings. The zero-order valence-electron chi connectivity index (χ0n) is 13.2. The van der Waals surface area contributed by atoms with Gasteiger partial charge in [0, 0.05) is 18.1 Å². The van der Waals surface area contributed by atoms with Crippen LogP contribution in [0.25, 0.3) is 0 Å². The molecule has 1 fully saturated rings. The van der Waals surface area contributed by atoms with Crippen LogP contribution in [0.4, 0.5) is 0 Å². The maximum absolute atomic E-state index is 5.84. The number of nitrogens with zero attached hydrogens (tertiary/aromatic N) is 1. The summed E-state index contributed by atoms with van der Waals surface area (Å²) in [6.45, 7) is 8.52. The Bertz CT molecular complexity index is 404. The monoisotopic (exact) mass is 276 g/mol. The summed E-state index contributed by atoms with van der Waals surface area (Å²) in [5.74, 6) is 0.959. The minimum Gasteiger partial charge on any atom is -0.492 e. The third kappa shape index (κ3) is 4.50. The number of ether oxygens (including phenoxy) is 1. The van der Waals surface area contributed by atoms with Gasteiger partial charge in [-0.1, -0.05) is 17.7 Å². The molecule has 1 aliphatic rings. The molecule has 0 radical (unpaired) electrons. The van der Waals surface area contributed by atoms with Crippen molar-refractivity contribution in [2.75, 3.05) is 20.2 Å². The van der Waals surface area contributed by atoms with Crippen molar-refractivity contribution in [1.29, 1.82) is 0 Å². The van der Waals surface area contributed by atoms with Crippen LogP contribution in [0.2, 0.25) is 0 Å². The second-order valence-electron chi connectivity index (χ2n) is 6.24. The van der Waals surface area contributed by atoms with E-state index in [2.05, 4.69) is 50.2 Å². The maximum Gasteiger partial charge on any atom is 0.119 e. The zero-order valence-corrected chi connectivity index (χ0v) is 13.2. The second-order valence-corrected chi connectivity index (χ2v) is 6.24. The molecular formula is C17H28N2O. The number of benzene rings is 1. The van der Waals surface area contributed by atoms with Crippen LogP contribution in [0.5, 0.6) is 5.75 Å². The molecule has 112 valence electrons. The first-order valence-corrected chi connectivity index (χ1v) is 7.70. The van der Waals surface area contributed by atoms with E-state index in [1.165, 1.54) is 24.9 Å². The molecule has 3 heteroatoms. The topological polar surface area (TPSA) is 24.5 Å². The summed E-state index contributed by atoms with van der Waals surface area (Å²) >= 11 is 0. The SMILES string of the molecule is Cc1ccc(OCC(C)NC2CCN(C)C(C)C2)cc1. The summed E-state index contributed by atoms with van der Waals surface area (Å²) < 4.78 is 5.84. The third-order valence-electron chi connectivity index (χ3n) is 4.25. The molecule has 0 aromatic heterocycles. The van der Waals surface area contributed by atoms with Gasteiger partial charge in [0.1, 0.15) is 12.4 Å². The van der Waals surface area contributed by atoms with Gasteiger partial charge in [0.2, 0.25) is 0 Å². The Morgan fingerprint density at radius 2 is 2.05 bits per heavy atom. The molecule has 1 aromatic carbocycles. The van der Waals surface area contributed by atoms with E-state index in [-0.39, 0.29) is 0 Å². The highest BCUT2D eigenvalue weighted by Gasteiger charge is 2.23. The standard InChI is InChI=1S/C17H28N2O/c1-13-5-7-17(8-6-13)20-12-14(2)18-16-9-10-19(4)15(3)11-16/h5-8,14-16,18H,9-12H2,1-4H3. The molecule has 0 saturated carbocycles. The highest BCUT2D eigenvalue weighted by molar-refractivity contribution is 5.26. The average molecular weight is 276 g/mol. The van der Waals surface area contributed by atoms with E-state index in [9.17, 15) is 0 Å².